The number of fused-ring (bicyclic) bond motifs is 1. The lowest BCUT2D eigenvalue weighted by Gasteiger charge is -2.34. The molecular formula is C20H23FN2O3. The van der Waals surface area contributed by atoms with Crippen LogP contribution in [0, 0.1) is 18.2 Å². The Morgan fingerprint density at radius 2 is 2.08 bits per heavy atom. The zero-order valence-corrected chi connectivity index (χ0v) is 15.2. The highest BCUT2D eigenvalue weighted by Gasteiger charge is 2.35. The number of amides is 2. The fraction of sp³-hybridized carbons (Fsp3) is 0.400. The van der Waals surface area contributed by atoms with Gasteiger partial charge in [0.1, 0.15) is 17.3 Å². The minimum Gasteiger partial charge on any atom is -0.466 e. The van der Waals surface area contributed by atoms with E-state index in [9.17, 15) is 14.0 Å². The molecule has 0 radical (unpaired) electrons. The van der Waals surface area contributed by atoms with Crippen LogP contribution in [0.5, 0.6) is 0 Å². The smallest absolute Gasteiger partial charge is 0.251 e. The van der Waals surface area contributed by atoms with Crippen molar-refractivity contribution < 1.29 is 18.4 Å². The van der Waals surface area contributed by atoms with Crippen molar-refractivity contribution >= 4 is 11.8 Å². The van der Waals surface area contributed by atoms with E-state index in [1.54, 1.807) is 0 Å². The van der Waals surface area contributed by atoms with Gasteiger partial charge in [-0.05, 0) is 43.0 Å². The third-order valence-electron chi connectivity index (χ3n) is 4.57. The molecule has 1 aliphatic carbocycles. The molecule has 0 aliphatic heterocycles. The number of rotatable bonds is 4. The second-order valence-electron chi connectivity index (χ2n) is 7.59. The fourth-order valence-electron chi connectivity index (χ4n) is 3.45. The van der Waals surface area contributed by atoms with E-state index in [1.807, 2.05) is 13.0 Å². The van der Waals surface area contributed by atoms with Gasteiger partial charge in [0.05, 0.1) is 12.6 Å². The van der Waals surface area contributed by atoms with Gasteiger partial charge < -0.3 is 15.1 Å². The number of furan rings is 1. The molecule has 0 spiro atoms. The van der Waals surface area contributed by atoms with Gasteiger partial charge in [0.25, 0.3) is 5.91 Å². The molecule has 1 aliphatic rings. The SMILES string of the molecule is Cc1cc2c(o1)CC(C)(C)CC2NC(=O)CNC(=O)c1cccc(F)c1. The van der Waals surface area contributed by atoms with Crippen LogP contribution in [-0.2, 0) is 11.2 Å². The molecular weight excluding hydrogens is 335 g/mol. The van der Waals surface area contributed by atoms with Gasteiger partial charge in [-0.2, -0.15) is 0 Å². The van der Waals surface area contributed by atoms with E-state index in [4.69, 9.17) is 4.42 Å². The van der Waals surface area contributed by atoms with Crippen molar-refractivity contribution in [3.05, 3.63) is 58.8 Å². The van der Waals surface area contributed by atoms with Crippen molar-refractivity contribution in [3.8, 4) is 0 Å². The lowest BCUT2D eigenvalue weighted by atomic mass is 9.74. The van der Waals surface area contributed by atoms with Gasteiger partial charge in [0.2, 0.25) is 5.91 Å². The van der Waals surface area contributed by atoms with E-state index < -0.39 is 11.7 Å². The van der Waals surface area contributed by atoms with Crippen LogP contribution in [0.4, 0.5) is 4.39 Å². The first-order valence-electron chi connectivity index (χ1n) is 8.66. The highest BCUT2D eigenvalue weighted by Crippen LogP contribution is 2.41. The van der Waals surface area contributed by atoms with Crippen molar-refractivity contribution in [2.24, 2.45) is 5.41 Å². The summed E-state index contributed by atoms with van der Waals surface area (Å²) < 4.78 is 18.9. The van der Waals surface area contributed by atoms with E-state index in [0.29, 0.717) is 0 Å². The lowest BCUT2D eigenvalue weighted by molar-refractivity contribution is -0.121. The average molecular weight is 358 g/mol. The number of halogens is 1. The van der Waals surface area contributed by atoms with Crippen LogP contribution in [0.15, 0.2) is 34.7 Å². The molecule has 1 heterocycles. The van der Waals surface area contributed by atoms with Crippen LogP contribution in [0.1, 0.15) is 53.8 Å². The Hall–Kier alpha value is -2.63. The summed E-state index contributed by atoms with van der Waals surface area (Å²) >= 11 is 0. The summed E-state index contributed by atoms with van der Waals surface area (Å²) in [5.74, 6) is 0.472. The number of benzene rings is 1. The van der Waals surface area contributed by atoms with Crippen LogP contribution in [-0.4, -0.2) is 18.4 Å². The molecule has 6 heteroatoms. The van der Waals surface area contributed by atoms with Crippen molar-refractivity contribution in [1.29, 1.82) is 0 Å². The molecule has 2 aromatic rings. The van der Waals surface area contributed by atoms with Crippen LogP contribution < -0.4 is 10.6 Å². The summed E-state index contributed by atoms with van der Waals surface area (Å²) in [5, 5.41) is 5.50. The Balaban J connectivity index is 1.62. The molecule has 5 nitrogen and oxygen atoms in total. The minimum absolute atomic E-state index is 0.0139. The van der Waals surface area contributed by atoms with Crippen LogP contribution in [0.25, 0.3) is 0 Å². The zero-order valence-electron chi connectivity index (χ0n) is 15.2. The predicted molar refractivity (Wildman–Crippen MR) is 95.2 cm³/mol. The number of aryl methyl sites for hydroxylation is 1. The first kappa shape index (κ1) is 18.2. The molecule has 3 rings (SSSR count). The van der Waals surface area contributed by atoms with Gasteiger partial charge in [0, 0.05) is 17.5 Å². The highest BCUT2D eigenvalue weighted by molar-refractivity contribution is 5.96. The molecule has 2 N–H and O–H groups in total. The number of hydrogen-bond acceptors (Lipinski definition) is 3. The Kier molecular flexibility index (Phi) is 4.85. The standard InChI is InChI=1S/C20H23FN2O3/c1-12-7-15-16(9-20(2,3)10-17(15)26-12)23-18(24)11-22-19(25)13-5-4-6-14(21)8-13/h4-8,16H,9-11H2,1-3H3,(H,22,25)(H,23,24). The Morgan fingerprint density at radius 3 is 2.81 bits per heavy atom. The van der Waals surface area contributed by atoms with Gasteiger partial charge >= 0.3 is 0 Å². The molecule has 26 heavy (non-hydrogen) atoms. The van der Waals surface area contributed by atoms with Crippen molar-refractivity contribution in [2.75, 3.05) is 6.54 Å². The Morgan fingerprint density at radius 1 is 1.31 bits per heavy atom. The maximum absolute atomic E-state index is 13.2. The van der Waals surface area contributed by atoms with E-state index in [2.05, 4.69) is 24.5 Å². The molecule has 0 saturated heterocycles. The van der Waals surface area contributed by atoms with Gasteiger partial charge in [-0.25, -0.2) is 4.39 Å². The van der Waals surface area contributed by atoms with E-state index in [-0.39, 0.29) is 29.5 Å². The summed E-state index contributed by atoms with van der Waals surface area (Å²) in [7, 11) is 0. The number of carbonyl (C=O) groups is 2. The van der Waals surface area contributed by atoms with Crippen molar-refractivity contribution in [2.45, 2.75) is 39.7 Å². The number of hydrogen-bond donors (Lipinski definition) is 2. The normalized spacial score (nSPS) is 18.1. The summed E-state index contributed by atoms with van der Waals surface area (Å²) in [4.78, 5) is 24.3. The first-order valence-corrected chi connectivity index (χ1v) is 8.66. The van der Waals surface area contributed by atoms with Crippen LogP contribution in [0.2, 0.25) is 0 Å². The van der Waals surface area contributed by atoms with Gasteiger partial charge in [-0.1, -0.05) is 19.9 Å². The lowest BCUT2D eigenvalue weighted by Crippen LogP contribution is -2.41. The predicted octanol–water partition coefficient (Wildman–Crippen LogP) is 3.29. The second kappa shape index (κ2) is 6.94. The molecule has 1 atom stereocenters. The van der Waals surface area contributed by atoms with Crippen LogP contribution in [0.3, 0.4) is 0 Å². The van der Waals surface area contributed by atoms with Gasteiger partial charge in [-0.3, -0.25) is 9.59 Å². The molecule has 0 saturated carbocycles. The van der Waals surface area contributed by atoms with Gasteiger partial charge in [-0.15, -0.1) is 0 Å². The van der Waals surface area contributed by atoms with E-state index in [1.165, 1.54) is 18.2 Å². The first-order chi connectivity index (χ1) is 12.2. The van der Waals surface area contributed by atoms with Crippen molar-refractivity contribution in [3.63, 3.8) is 0 Å². The Labute approximate surface area is 152 Å². The van der Waals surface area contributed by atoms with Crippen molar-refractivity contribution in [1.82, 2.24) is 10.6 Å². The van der Waals surface area contributed by atoms with Gasteiger partial charge in [0.15, 0.2) is 0 Å². The third-order valence-corrected chi connectivity index (χ3v) is 4.57. The summed E-state index contributed by atoms with van der Waals surface area (Å²) in [5.41, 5.74) is 1.20. The monoisotopic (exact) mass is 358 g/mol. The summed E-state index contributed by atoms with van der Waals surface area (Å²) in [6, 6.07) is 7.17. The Bertz CT molecular complexity index is 841. The molecule has 1 unspecified atom stereocenters. The third kappa shape index (κ3) is 4.12. The molecule has 2 amide bonds. The summed E-state index contributed by atoms with van der Waals surface area (Å²) in [6.07, 6.45) is 1.63. The topological polar surface area (TPSA) is 71.3 Å². The van der Waals surface area contributed by atoms with E-state index >= 15 is 0 Å². The number of nitrogens with one attached hydrogen (secondary N) is 2. The highest BCUT2D eigenvalue weighted by atomic mass is 19.1. The largest absolute Gasteiger partial charge is 0.466 e. The maximum atomic E-state index is 13.2. The quantitative estimate of drug-likeness (QED) is 0.881. The molecule has 0 bridgehead atoms. The average Bonchev–Trinajstić information content (AvgIpc) is 2.91. The molecule has 1 aromatic heterocycles. The number of carbonyl (C=O) groups excluding carboxylic acids is 2. The van der Waals surface area contributed by atoms with E-state index in [0.717, 1.165) is 36.0 Å². The molecule has 0 fully saturated rings. The molecule has 1 aromatic carbocycles. The zero-order chi connectivity index (χ0) is 18.9. The maximum Gasteiger partial charge on any atom is 0.251 e. The fourth-order valence-corrected chi connectivity index (χ4v) is 3.45. The molecule has 138 valence electrons. The van der Waals surface area contributed by atoms with Crippen LogP contribution >= 0.6 is 0 Å². The minimum atomic E-state index is -0.491. The summed E-state index contributed by atoms with van der Waals surface area (Å²) in [6.45, 7) is 6.00. The second-order valence-corrected chi connectivity index (χ2v) is 7.59.